The maximum atomic E-state index is 13.5. The van der Waals surface area contributed by atoms with Crippen molar-refractivity contribution in [3.05, 3.63) is 39.7 Å². The number of nitro groups is 1. The lowest BCUT2D eigenvalue weighted by Crippen LogP contribution is -2.54. The molecule has 2 atom stereocenters. The Balaban J connectivity index is 3.00. The summed E-state index contributed by atoms with van der Waals surface area (Å²) in [6.07, 6.45) is 0.562. The SMILES string of the molecule is CC(C)CC(NC(=O)C(CC(C)C)NC(=O)c1ccc(F)c([N+](=O)[O-])c1)B(O)O. The van der Waals surface area contributed by atoms with E-state index in [1.807, 2.05) is 27.7 Å². The van der Waals surface area contributed by atoms with Crippen molar-refractivity contribution in [1.82, 2.24) is 10.6 Å². The largest absolute Gasteiger partial charge is 0.475 e. The first-order valence-corrected chi connectivity index (χ1v) is 9.33. The second-order valence-electron chi connectivity index (χ2n) is 7.74. The fraction of sp³-hybridized carbons (Fsp3) is 0.556. The van der Waals surface area contributed by atoms with Gasteiger partial charge in [0.15, 0.2) is 0 Å². The molecule has 11 heteroatoms. The maximum Gasteiger partial charge on any atom is 0.475 e. The maximum absolute atomic E-state index is 13.5. The van der Waals surface area contributed by atoms with Crippen molar-refractivity contribution < 1.29 is 29.0 Å². The molecule has 0 aliphatic heterocycles. The molecule has 0 aliphatic carbocycles. The molecule has 0 saturated heterocycles. The molecule has 0 fully saturated rings. The third-order valence-corrected chi connectivity index (χ3v) is 4.15. The van der Waals surface area contributed by atoms with Crippen LogP contribution in [-0.4, -0.2) is 45.9 Å². The van der Waals surface area contributed by atoms with Gasteiger partial charge in [-0.2, -0.15) is 4.39 Å². The molecule has 1 aromatic carbocycles. The number of carbonyl (C=O) groups excluding carboxylic acids is 2. The van der Waals surface area contributed by atoms with Crippen molar-refractivity contribution >= 4 is 24.6 Å². The monoisotopic (exact) mass is 411 g/mol. The van der Waals surface area contributed by atoms with Crippen molar-refractivity contribution in [2.45, 2.75) is 52.5 Å². The molecule has 0 heterocycles. The van der Waals surface area contributed by atoms with Gasteiger partial charge in [0.1, 0.15) is 6.04 Å². The van der Waals surface area contributed by atoms with Gasteiger partial charge in [-0.25, -0.2) is 0 Å². The van der Waals surface area contributed by atoms with Gasteiger partial charge < -0.3 is 20.7 Å². The van der Waals surface area contributed by atoms with Crippen LogP contribution in [0.2, 0.25) is 0 Å². The zero-order chi connectivity index (χ0) is 22.3. The number of halogens is 1. The van der Waals surface area contributed by atoms with Gasteiger partial charge in [0, 0.05) is 11.6 Å². The van der Waals surface area contributed by atoms with E-state index in [2.05, 4.69) is 10.6 Å². The van der Waals surface area contributed by atoms with Gasteiger partial charge in [-0.1, -0.05) is 27.7 Å². The van der Waals surface area contributed by atoms with Crippen LogP contribution in [0.15, 0.2) is 18.2 Å². The summed E-state index contributed by atoms with van der Waals surface area (Å²) in [6, 6.07) is 1.68. The Kier molecular flexibility index (Phi) is 9.18. The standard InChI is InChI=1S/C18H27BFN3O6/c1-10(2)7-14(18(25)22-16(19(26)27)8-11(3)4)21-17(24)12-5-6-13(20)15(9-12)23(28)29/h5-6,9-11,14,16,26-27H,7-8H2,1-4H3,(H,21,24)(H,22,25). The van der Waals surface area contributed by atoms with Crippen LogP contribution in [-0.2, 0) is 4.79 Å². The summed E-state index contributed by atoms with van der Waals surface area (Å²) in [4.78, 5) is 35.1. The van der Waals surface area contributed by atoms with E-state index in [1.54, 1.807) is 0 Å². The molecule has 2 unspecified atom stereocenters. The molecule has 2 amide bonds. The summed E-state index contributed by atoms with van der Waals surface area (Å²) in [5.41, 5.74) is -1.01. The minimum atomic E-state index is -1.77. The van der Waals surface area contributed by atoms with Crippen molar-refractivity contribution in [3.8, 4) is 0 Å². The molecule has 1 aromatic rings. The summed E-state index contributed by atoms with van der Waals surface area (Å²) < 4.78 is 13.5. The predicted octanol–water partition coefficient (Wildman–Crippen LogP) is 1.42. The Labute approximate surface area is 169 Å². The van der Waals surface area contributed by atoms with E-state index >= 15 is 0 Å². The molecule has 1 rings (SSSR count). The number of benzene rings is 1. The highest BCUT2D eigenvalue weighted by atomic mass is 19.1. The molecule has 0 aromatic heterocycles. The Morgan fingerprint density at radius 3 is 2.21 bits per heavy atom. The van der Waals surface area contributed by atoms with Crippen molar-refractivity contribution in [1.29, 1.82) is 0 Å². The van der Waals surface area contributed by atoms with Crippen LogP contribution < -0.4 is 10.6 Å². The van der Waals surface area contributed by atoms with E-state index < -0.39 is 47.3 Å². The fourth-order valence-corrected chi connectivity index (χ4v) is 2.78. The molecule has 4 N–H and O–H groups in total. The Hall–Kier alpha value is -2.53. The highest BCUT2D eigenvalue weighted by molar-refractivity contribution is 6.43. The topological polar surface area (TPSA) is 142 Å². The van der Waals surface area contributed by atoms with Crippen LogP contribution >= 0.6 is 0 Å². The summed E-state index contributed by atoms with van der Waals surface area (Å²) in [5, 5.41) is 34.9. The number of hydrogen-bond acceptors (Lipinski definition) is 6. The molecule has 160 valence electrons. The lowest BCUT2D eigenvalue weighted by atomic mass is 9.75. The van der Waals surface area contributed by atoms with Gasteiger partial charge >= 0.3 is 12.8 Å². The quantitative estimate of drug-likeness (QED) is 0.261. The summed E-state index contributed by atoms with van der Waals surface area (Å²) in [5.74, 6) is -3.28. The van der Waals surface area contributed by atoms with Crippen LogP contribution in [0.25, 0.3) is 0 Å². The van der Waals surface area contributed by atoms with Gasteiger partial charge in [-0.05, 0) is 36.8 Å². The van der Waals surface area contributed by atoms with Crippen LogP contribution in [0.3, 0.4) is 0 Å². The van der Waals surface area contributed by atoms with Crippen LogP contribution in [0.1, 0.15) is 50.9 Å². The molecular weight excluding hydrogens is 384 g/mol. The summed E-state index contributed by atoms with van der Waals surface area (Å²) in [7, 11) is -1.77. The van der Waals surface area contributed by atoms with E-state index in [0.29, 0.717) is 6.42 Å². The molecule has 29 heavy (non-hydrogen) atoms. The molecule has 0 radical (unpaired) electrons. The van der Waals surface area contributed by atoms with Crippen LogP contribution in [0.5, 0.6) is 0 Å². The Morgan fingerprint density at radius 2 is 1.72 bits per heavy atom. The zero-order valence-corrected chi connectivity index (χ0v) is 16.9. The lowest BCUT2D eigenvalue weighted by molar-refractivity contribution is -0.387. The van der Waals surface area contributed by atoms with Crippen molar-refractivity contribution in [2.24, 2.45) is 11.8 Å². The Bertz CT molecular complexity index is 744. The van der Waals surface area contributed by atoms with Gasteiger partial charge in [-0.3, -0.25) is 19.7 Å². The number of nitrogens with one attached hydrogen (secondary N) is 2. The van der Waals surface area contributed by atoms with E-state index in [-0.39, 0.29) is 23.8 Å². The number of carbonyl (C=O) groups is 2. The third kappa shape index (κ3) is 7.78. The number of rotatable bonds is 10. The first-order chi connectivity index (χ1) is 13.4. The molecule has 0 aliphatic rings. The van der Waals surface area contributed by atoms with E-state index in [4.69, 9.17) is 0 Å². The highest BCUT2D eigenvalue weighted by Crippen LogP contribution is 2.19. The lowest BCUT2D eigenvalue weighted by Gasteiger charge is -2.25. The highest BCUT2D eigenvalue weighted by Gasteiger charge is 2.30. The molecule has 0 saturated carbocycles. The molecule has 9 nitrogen and oxygen atoms in total. The van der Waals surface area contributed by atoms with Crippen LogP contribution in [0, 0.1) is 27.8 Å². The number of hydrogen-bond donors (Lipinski definition) is 4. The second-order valence-corrected chi connectivity index (χ2v) is 7.74. The van der Waals surface area contributed by atoms with E-state index in [1.165, 1.54) is 0 Å². The van der Waals surface area contributed by atoms with Crippen molar-refractivity contribution in [2.75, 3.05) is 0 Å². The minimum Gasteiger partial charge on any atom is -0.426 e. The smallest absolute Gasteiger partial charge is 0.426 e. The van der Waals surface area contributed by atoms with Gasteiger partial charge in [0.2, 0.25) is 11.7 Å². The van der Waals surface area contributed by atoms with E-state index in [9.17, 15) is 34.1 Å². The number of nitrogens with zero attached hydrogens (tertiary/aromatic N) is 1. The molecule has 0 spiro atoms. The molecule has 0 bridgehead atoms. The number of nitro benzene ring substituents is 1. The zero-order valence-electron chi connectivity index (χ0n) is 16.9. The van der Waals surface area contributed by atoms with Gasteiger partial charge in [-0.15, -0.1) is 0 Å². The minimum absolute atomic E-state index is 0.0104. The fourth-order valence-electron chi connectivity index (χ4n) is 2.78. The Morgan fingerprint density at radius 1 is 1.14 bits per heavy atom. The first kappa shape index (κ1) is 24.5. The van der Waals surface area contributed by atoms with Crippen molar-refractivity contribution in [3.63, 3.8) is 0 Å². The van der Waals surface area contributed by atoms with Gasteiger partial charge in [0.05, 0.1) is 10.9 Å². The van der Waals surface area contributed by atoms with Crippen LogP contribution in [0.4, 0.5) is 10.1 Å². The van der Waals surface area contributed by atoms with E-state index in [0.717, 1.165) is 18.2 Å². The first-order valence-electron chi connectivity index (χ1n) is 9.33. The van der Waals surface area contributed by atoms with Gasteiger partial charge in [0.25, 0.3) is 5.91 Å². The second kappa shape index (κ2) is 10.9. The predicted molar refractivity (Wildman–Crippen MR) is 105 cm³/mol. The average Bonchev–Trinajstić information content (AvgIpc) is 2.59. The molecular formula is C18H27BFN3O6. The third-order valence-electron chi connectivity index (χ3n) is 4.15. The normalized spacial score (nSPS) is 13.1. The summed E-state index contributed by atoms with van der Waals surface area (Å²) in [6.45, 7) is 7.38. The summed E-state index contributed by atoms with van der Waals surface area (Å²) >= 11 is 0. The number of amides is 2. The average molecular weight is 411 g/mol.